The summed E-state index contributed by atoms with van der Waals surface area (Å²) in [6, 6.07) is 6.32. The fourth-order valence-corrected chi connectivity index (χ4v) is 4.08. The van der Waals surface area contributed by atoms with Gasteiger partial charge in [0.25, 0.3) is 0 Å². The zero-order valence-electron chi connectivity index (χ0n) is 12.8. The molecule has 1 heterocycles. The zero-order chi connectivity index (χ0) is 16.4. The van der Waals surface area contributed by atoms with E-state index in [0.717, 1.165) is 0 Å². The molecule has 2 rings (SSSR count). The van der Waals surface area contributed by atoms with Crippen molar-refractivity contribution in [1.29, 1.82) is 0 Å². The van der Waals surface area contributed by atoms with Gasteiger partial charge in [-0.3, -0.25) is 4.79 Å². The molecule has 0 bridgehead atoms. The van der Waals surface area contributed by atoms with Crippen LogP contribution >= 0.6 is 0 Å². The molecule has 1 fully saturated rings. The number of amides is 1. The molecule has 7 heteroatoms. The molecule has 0 radical (unpaired) electrons. The molecule has 0 saturated carbocycles. The Morgan fingerprint density at radius 2 is 1.91 bits per heavy atom. The number of nitrogens with zero attached hydrogens (tertiary/aromatic N) is 1. The van der Waals surface area contributed by atoms with Gasteiger partial charge in [-0.25, -0.2) is 17.1 Å². The number of halogens is 1. The molecular formula is C15H21FN2O3S. The fourth-order valence-electron chi connectivity index (χ4n) is 2.98. The van der Waals surface area contributed by atoms with Crippen molar-refractivity contribution in [2.75, 3.05) is 18.8 Å². The highest BCUT2D eigenvalue weighted by atomic mass is 32.2. The van der Waals surface area contributed by atoms with Crippen LogP contribution < -0.4 is 5.32 Å². The maximum atomic E-state index is 14.2. The first kappa shape index (κ1) is 16.9. The number of hydrogen-bond acceptors (Lipinski definition) is 3. The van der Waals surface area contributed by atoms with Crippen molar-refractivity contribution in [2.45, 2.75) is 32.2 Å². The third-order valence-corrected chi connectivity index (χ3v) is 6.02. The van der Waals surface area contributed by atoms with Crippen molar-refractivity contribution in [3.8, 4) is 0 Å². The lowest BCUT2D eigenvalue weighted by molar-refractivity contribution is -0.121. The van der Waals surface area contributed by atoms with Crippen LogP contribution in [0.3, 0.4) is 0 Å². The number of carbonyl (C=O) groups is 1. The van der Waals surface area contributed by atoms with Gasteiger partial charge in [0.1, 0.15) is 5.82 Å². The lowest BCUT2D eigenvalue weighted by Gasteiger charge is -2.42. The van der Waals surface area contributed by atoms with Gasteiger partial charge in [-0.1, -0.05) is 18.2 Å². The van der Waals surface area contributed by atoms with Crippen molar-refractivity contribution in [3.63, 3.8) is 0 Å². The highest BCUT2D eigenvalue weighted by Crippen LogP contribution is 2.35. The average molecular weight is 328 g/mol. The molecule has 0 aliphatic carbocycles. The van der Waals surface area contributed by atoms with E-state index in [0.29, 0.717) is 18.4 Å². The SMILES string of the molecule is CCS(=O)(=O)N1CCC(NC(C)=O)(c2ccccc2F)CC1. The van der Waals surface area contributed by atoms with Gasteiger partial charge in [0.2, 0.25) is 15.9 Å². The molecule has 22 heavy (non-hydrogen) atoms. The number of nitrogens with one attached hydrogen (secondary N) is 1. The minimum Gasteiger partial charge on any atom is -0.347 e. The third kappa shape index (κ3) is 3.30. The van der Waals surface area contributed by atoms with Crippen LogP contribution in [0.4, 0.5) is 4.39 Å². The molecule has 0 atom stereocenters. The Kier molecular flexibility index (Phi) is 4.87. The maximum Gasteiger partial charge on any atom is 0.217 e. The van der Waals surface area contributed by atoms with Gasteiger partial charge in [0.15, 0.2) is 0 Å². The minimum absolute atomic E-state index is 0.0415. The summed E-state index contributed by atoms with van der Waals surface area (Å²) in [5.74, 6) is -0.599. The molecule has 0 unspecified atom stereocenters. The first-order chi connectivity index (χ1) is 10.3. The summed E-state index contributed by atoms with van der Waals surface area (Å²) in [5, 5.41) is 2.84. The number of hydrogen-bond donors (Lipinski definition) is 1. The van der Waals surface area contributed by atoms with Crippen LogP contribution in [-0.4, -0.2) is 37.5 Å². The van der Waals surface area contributed by atoms with Crippen molar-refractivity contribution in [3.05, 3.63) is 35.6 Å². The Labute approximate surface area is 130 Å². The van der Waals surface area contributed by atoms with Gasteiger partial charge in [-0.15, -0.1) is 0 Å². The Hall–Kier alpha value is -1.47. The summed E-state index contributed by atoms with van der Waals surface area (Å²) in [5.41, 5.74) is -0.435. The van der Waals surface area contributed by atoms with E-state index in [9.17, 15) is 17.6 Å². The van der Waals surface area contributed by atoms with E-state index >= 15 is 0 Å². The molecule has 0 aromatic heterocycles. The average Bonchev–Trinajstić information content (AvgIpc) is 2.47. The quantitative estimate of drug-likeness (QED) is 0.913. The van der Waals surface area contributed by atoms with E-state index in [1.807, 2.05) is 0 Å². The van der Waals surface area contributed by atoms with E-state index in [1.165, 1.54) is 17.3 Å². The molecule has 1 aromatic carbocycles. The minimum atomic E-state index is -3.27. The van der Waals surface area contributed by atoms with Crippen LogP contribution in [0.1, 0.15) is 32.3 Å². The number of benzene rings is 1. The zero-order valence-corrected chi connectivity index (χ0v) is 13.6. The summed E-state index contributed by atoms with van der Waals surface area (Å²) < 4.78 is 39.5. The Morgan fingerprint density at radius 3 is 2.41 bits per heavy atom. The number of rotatable bonds is 4. The van der Waals surface area contributed by atoms with Gasteiger partial charge < -0.3 is 5.32 Å². The van der Waals surface area contributed by atoms with Crippen LogP contribution in [0, 0.1) is 5.82 Å². The van der Waals surface area contributed by atoms with Gasteiger partial charge in [0.05, 0.1) is 11.3 Å². The predicted molar refractivity (Wildman–Crippen MR) is 82.2 cm³/mol. The summed E-state index contributed by atoms with van der Waals surface area (Å²) in [7, 11) is -3.27. The third-order valence-electron chi connectivity index (χ3n) is 4.14. The lowest BCUT2D eigenvalue weighted by Crippen LogP contribution is -2.54. The second-order valence-corrected chi connectivity index (χ2v) is 7.80. The van der Waals surface area contributed by atoms with Gasteiger partial charge in [-0.2, -0.15) is 0 Å². The Morgan fingerprint density at radius 1 is 1.32 bits per heavy atom. The maximum absolute atomic E-state index is 14.2. The normalized spacial score (nSPS) is 18.9. The standard InChI is InChI=1S/C15H21FN2O3S/c1-3-22(20,21)18-10-8-15(9-11-18,17-12(2)19)13-6-4-5-7-14(13)16/h4-7H,3,8-11H2,1-2H3,(H,17,19). The molecule has 0 spiro atoms. The topological polar surface area (TPSA) is 66.5 Å². The van der Waals surface area contributed by atoms with Crippen molar-refractivity contribution in [2.24, 2.45) is 0 Å². The summed E-state index contributed by atoms with van der Waals surface area (Å²) >= 11 is 0. The van der Waals surface area contributed by atoms with E-state index in [4.69, 9.17) is 0 Å². The summed E-state index contributed by atoms with van der Waals surface area (Å²) in [6.45, 7) is 3.52. The molecule has 122 valence electrons. The molecular weight excluding hydrogens is 307 g/mol. The highest BCUT2D eigenvalue weighted by Gasteiger charge is 2.41. The highest BCUT2D eigenvalue weighted by molar-refractivity contribution is 7.89. The molecule has 1 amide bonds. The van der Waals surface area contributed by atoms with Gasteiger partial charge >= 0.3 is 0 Å². The van der Waals surface area contributed by atoms with Gasteiger partial charge in [0, 0.05) is 25.6 Å². The van der Waals surface area contributed by atoms with Gasteiger partial charge in [-0.05, 0) is 25.8 Å². The lowest BCUT2D eigenvalue weighted by atomic mass is 9.81. The first-order valence-electron chi connectivity index (χ1n) is 7.32. The molecule has 1 aliphatic rings. The largest absolute Gasteiger partial charge is 0.347 e. The smallest absolute Gasteiger partial charge is 0.217 e. The number of carbonyl (C=O) groups excluding carboxylic acids is 1. The molecule has 1 N–H and O–H groups in total. The summed E-state index contributed by atoms with van der Waals surface area (Å²) in [6.07, 6.45) is 0.708. The monoisotopic (exact) mass is 328 g/mol. The molecule has 1 saturated heterocycles. The van der Waals surface area contributed by atoms with Crippen LogP contribution in [0.15, 0.2) is 24.3 Å². The second-order valence-electron chi connectivity index (χ2n) is 5.54. The molecule has 5 nitrogen and oxygen atoms in total. The molecule has 1 aliphatic heterocycles. The Bertz CT molecular complexity index is 653. The number of piperidine rings is 1. The second kappa shape index (κ2) is 6.34. The van der Waals surface area contributed by atoms with Crippen molar-refractivity contribution >= 4 is 15.9 Å². The van der Waals surface area contributed by atoms with Crippen LogP contribution in [-0.2, 0) is 20.4 Å². The van der Waals surface area contributed by atoms with E-state index in [1.54, 1.807) is 25.1 Å². The predicted octanol–water partition coefficient (Wildman–Crippen LogP) is 1.60. The Balaban J connectivity index is 2.32. The van der Waals surface area contributed by atoms with E-state index in [2.05, 4.69) is 5.32 Å². The van der Waals surface area contributed by atoms with Crippen LogP contribution in [0.5, 0.6) is 0 Å². The first-order valence-corrected chi connectivity index (χ1v) is 8.93. The van der Waals surface area contributed by atoms with E-state index in [-0.39, 0.29) is 30.6 Å². The van der Waals surface area contributed by atoms with Crippen LogP contribution in [0.2, 0.25) is 0 Å². The fraction of sp³-hybridized carbons (Fsp3) is 0.533. The summed E-state index contributed by atoms with van der Waals surface area (Å²) in [4.78, 5) is 11.6. The number of sulfonamides is 1. The van der Waals surface area contributed by atoms with Crippen molar-refractivity contribution in [1.82, 2.24) is 9.62 Å². The van der Waals surface area contributed by atoms with Crippen molar-refractivity contribution < 1.29 is 17.6 Å². The van der Waals surface area contributed by atoms with E-state index < -0.39 is 15.6 Å². The van der Waals surface area contributed by atoms with Crippen LogP contribution in [0.25, 0.3) is 0 Å². The molecule has 1 aromatic rings.